The molecule has 4 nitrogen and oxygen atoms in total. The van der Waals surface area contributed by atoms with Gasteiger partial charge in [0.2, 0.25) is 5.95 Å². The SMILES string of the molecule is CCCC(CCC)c1nc(-c2cccc(C(F)(F)F)c2)c(-c2ccnc(NC3CCCC3)n2)s1. The first-order valence-corrected chi connectivity index (χ1v) is 13.0. The molecule has 0 bridgehead atoms. The second-order valence-corrected chi connectivity index (χ2v) is 10.0. The van der Waals surface area contributed by atoms with E-state index in [0.29, 0.717) is 28.9 Å². The van der Waals surface area contributed by atoms with Crippen molar-refractivity contribution in [2.45, 2.75) is 83.4 Å². The van der Waals surface area contributed by atoms with Crippen LogP contribution in [0.1, 0.15) is 81.7 Å². The van der Waals surface area contributed by atoms with E-state index in [-0.39, 0.29) is 5.92 Å². The number of hydrogen-bond acceptors (Lipinski definition) is 5. The molecule has 34 heavy (non-hydrogen) atoms. The largest absolute Gasteiger partial charge is 0.416 e. The van der Waals surface area contributed by atoms with Crippen molar-refractivity contribution in [3.63, 3.8) is 0 Å². The normalized spacial score (nSPS) is 14.8. The molecule has 2 aromatic heterocycles. The molecule has 0 unspecified atom stereocenters. The molecule has 0 saturated heterocycles. The van der Waals surface area contributed by atoms with Gasteiger partial charge in [-0.3, -0.25) is 0 Å². The lowest BCUT2D eigenvalue weighted by Gasteiger charge is -2.12. The smallest absolute Gasteiger partial charge is 0.351 e. The Hall–Kier alpha value is -2.48. The monoisotopic (exact) mass is 488 g/mol. The molecule has 1 N–H and O–H groups in total. The van der Waals surface area contributed by atoms with E-state index in [1.54, 1.807) is 23.6 Å². The van der Waals surface area contributed by atoms with Crippen LogP contribution in [0.3, 0.4) is 0 Å². The summed E-state index contributed by atoms with van der Waals surface area (Å²) in [5.41, 5.74) is 1.05. The lowest BCUT2D eigenvalue weighted by Crippen LogP contribution is -2.16. The topological polar surface area (TPSA) is 50.7 Å². The first kappa shape index (κ1) is 24.6. The Bertz CT molecular complexity index is 1080. The summed E-state index contributed by atoms with van der Waals surface area (Å²) in [5, 5.41) is 4.39. The minimum Gasteiger partial charge on any atom is -0.351 e. The summed E-state index contributed by atoms with van der Waals surface area (Å²) < 4.78 is 40.3. The summed E-state index contributed by atoms with van der Waals surface area (Å²) in [6, 6.07) is 7.63. The van der Waals surface area contributed by atoms with Crippen LogP contribution < -0.4 is 5.32 Å². The van der Waals surface area contributed by atoms with E-state index in [0.717, 1.165) is 54.5 Å². The molecular formula is C26H31F3N4S. The summed E-state index contributed by atoms with van der Waals surface area (Å²) in [4.78, 5) is 14.9. The predicted molar refractivity (Wildman–Crippen MR) is 132 cm³/mol. The average Bonchev–Trinajstić information content (AvgIpc) is 3.49. The van der Waals surface area contributed by atoms with Gasteiger partial charge in [0.05, 0.1) is 26.8 Å². The molecule has 2 heterocycles. The maximum Gasteiger partial charge on any atom is 0.416 e. The summed E-state index contributed by atoms with van der Waals surface area (Å²) in [6.45, 7) is 4.30. The highest BCUT2D eigenvalue weighted by Crippen LogP contribution is 2.42. The van der Waals surface area contributed by atoms with Crippen LogP contribution in [0.2, 0.25) is 0 Å². The van der Waals surface area contributed by atoms with Gasteiger partial charge in [0.1, 0.15) is 0 Å². The number of rotatable bonds is 9. The van der Waals surface area contributed by atoms with Gasteiger partial charge in [-0.1, -0.05) is 51.7 Å². The number of nitrogens with one attached hydrogen (secondary N) is 1. The number of alkyl halides is 3. The van der Waals surface area contributed by atoms with Crippen molar-refractivity contribution in [3.05, 3.63) is 47.1 Å². The number of thiazole rings is 1. The van der Waals surface area contributed by atoms with Gasteiger partial charge < -0.3 is 5.32 Å². The fraction of sp³-hybridized carbons (Fsp3) is 0.500. The number of nitrogens with zero attached hydrogens (tertiary/aromatic N) is 3. The van der Waals surface area contributed by atoms with Crippen molar-refractivity contribution >= 4 is 17.3 Å². The zero-order valence-electron chi connectivity index (χ0n) is 19.7. The van der Waals surface area contributed by atoms with E-state index in [1.807, 2.05) is 6.07 Å². The van der Waals surface area contributed by atoms with Crippen molar-refractivity contribution in [1.82, 2.24) is 15.0 Å². The lowest BCUT2D eigenvalue weighted by molar-refractivity contribution is -0.137. The Morgan fingerprint density at radius 2 is 1.79 bits per heavy atom. The van der Waals surface area contributed by atoms with E-state index >= 15 is 0 Å². The molecule has 0 atom stereocenters. The molecule has 1 aromatic carbocycles. The third-order valence-electron chi connectivity index (χ3n) is 6.31. The highest BCUT2D eigenvalue weighted by Gasteiger charge is 2.31. The van der Waals surface area contributed by atoms with Gasteiger partial charge in [-0.25, -0.2) is 15.0 Å². The van der Waals surface area contributed by atoms with E-state index in [4.69, 9.17) is 9.97 Å². The molecule has 182 valence electrons. The minimum atomic E-state index is -4.41. The number of aromatic nitrogens is 3. The van der Waals surface area contributed by atoms with Gasteiger partial charge in [-0.2, -0.15) is 13.2 Å². The molecule has 4 rings (SSSR count). The molecule has 0 radical (unpaired) electrons. The van der Waals surface area contributed by atoms with Crippen molar-refractivity contribution in [1.29, 1.82) is 0 Å². The maximum atomic E-state index is 13.4. The Labute approximate surface area is 203 Å². The molecule has 1 saturated carbocycles. The quantitative estimate of drug-likeness (QED) is 0.329. The van der Waals surface area contributed by atoms with Gasteiger partial charge >= 0.3 is 6.18 Å². The number of halogens is 3. The summed E-state index contributed by atoms with van der Waals surface area (Å²) in [6.07, 6.45) is 5.97. The van der Waals surface area contributed by atoms with Crippen LogP contribution in [0.25, 0.3) is 21.8 Å². The van der Waals surface area contributed by atoms with Crippen LogP contribution >= 0.6 is 11.3 Å². The fourth-order valence-corrected chi connectivity index (χ4v) is 5.85. The Morgan fingerprint density at radius 3 is 2.47 bits per heavy atom. The molecule has 1 fully saturated rings. The highest BCUT2D eigenvalue weighted by molar-refractivity contribution is 7.15. The van der Waals surface area contributed by atoms with Crippen molar-refractivity contribution in [2.75, 3.05) is 5.32 Å². The molecule has 1 aliphatic carbocycles. The predicted octanol–water partition coefficient (Wildman–Crippen LogP) is 8.32. The second kappa shape index (κ2) is 10.8. The molecule has 0 aliphatic heterocycles. The van der Waals surface area contributed by atoms with Crippen LogP contribution in [0.5, 0.6) is 0 Å². The minimum absolute atomic E-state index is 0.288. The Morgan fingerprint density at radius 1 is 1.06 bits per heavy atom. The van der Waals surface area contributed by atoms with Crippen LogP contribution in [0.4, 0.5) is 19.1 Å². The van der Waals surface area contributed by atoms with Gasteiger partial charge in [-0.15, -0.1) is 11.3 Å². The summed E-state index contributed by atoms with van der Waals surface area (Å²) >= 11 is 1.55. The van der Waals surface area contributed by atoms with Crippen LogP contribution in [0, 0.1) is 0 Å². The molecule has 8 heteroatoms. The summed E-state index contributed by atoms with van der Waals surface area (Å²) in [5.74, 6) is 0.851. The molecule has 1 aliphatic rings. The van der Waals surface area contributed by atoms with Gasteiger partial charge in [0.25, 0.3) is 0 Å². The van der Waals surface area contributed by atoms with Crippen LogP contribution in [0.15, 0.2) is 36.5 Å². The second-order valence-electron chi connectivity index (χ2n) is 8.97. The van der Waals surface area contributed by atoms with E-state index in [2.05, 4.69) is 24.1 Å². The highest BCUT2D eigenvalue weighted by atomic mass is 32.1. The van der Waals surface area contributed by atoms with Gasteiger partial charge in [0.15, 0.2) is 0 Å². The standard InChI is InChI=1S/C26H31F3N4S/c1-3-8-17(9-4-2)24-33-22(18-10-7-11-19(16-18)26(27,28)29)23(34-24)21-14-15-30-25(32-21)31-20-12-5-6-13-20/h7,10-11,14-17,20H,3-6,8-9,12-13H2,1-2H3,(H,30,31,32). The van der Waals surface area contributed by atoms with Gasteiger partial charge in [-0.05, 0) is 43.9 Å². The number of hydrogen-bond donors (Lipinski definition) is 1. The molecule has 3 aromatic rings. The third-order valence-corrected chi connectivity index (χ3v) is 7.55. The first-order chi connectivity index (χ1) is 16.4. The molecular weight excluding hydrogens is 457 g/mol. The molecule has 0 spiro atoms. The average molecular weight is 489 g/mol. The number of benzene rings is 1. The van der Waals surface area contributed by atoms with Crippen LogP contribution in [-0.2, 0) is 6.18 Å². The van der Waals surface area contributed by atoms with Crippen LogP contribution in [-0.4, -0.2) is 21.0 Å². The lowest BCUT2D eigenvalue weighted by atomic mass is 9.99. The first-order valence-electron chi connectivity index (χ1n) is 12.2. The third kappa shape index (κ3) is 5.77. The molecule has 0 amide bonds. The fourth-order valence-electron chi connectivity index (χ4n) is 4.62. The van der Waals surface area contributed by atoms with E-state index in [9.17, 15) is 13.2 Å². The van der Waals surface area contributed by atoms with Crippen molar-refractivity contribution in [3.8, 4) is 21.8 Å². The Kier molecular flexibility index (Phi) is 7.86. The van der Waals surface area contributed by atoms with Gasteiger partial charge in [0, 0.05) is 23.7 Å². The Balaban J connectivity index is 1.78. The van der Waals surface area contributed by atoms with Crippen molar-refractivity contribution in [2.24, 2.45) is 0 Å². The van der Waals surface area contributed by atoms with Crippen molar-refractivity contribution < 1.29 is 13.2 Å². The zero-order valence-corrected chi connectivity index (χ0v) is 20.5. The zero-order chi connectivity index (χ0) is 24.1. The summed E-state index contributed by atoms with van der Waals surface area (Å²) in [7, 11) is 0. The van der Waals surface area contributed by atoms with E-state index < -0.39 is 11.7 Å². The number of anilines is 1. The maximum absolute atomic E-state index is 13.4. The van der Waals surface area contributed by atoms with E-state index in [1.165, 1.54) is 25.0 Å².